The van der Waals surface area contributed by atoms with Crippen molar-refractivity contribution in [1.29, 1.82) is 0 Å². The Balaban J connectivity index is 1.74. The molecule has 1 aromatic carbocycles. The lowest BCUT2D eigenvalue weighted by molar-refractivity contribution is 0.525. The van der Waals surface area contributed by atoms with E-state index in [0.717, 1.165) is 25.8 Å². The van der Waals surface area contributed by atoms with Gasteiger partial charge in [0, 0.05) is 19.2 Å². The molecule has 0 unspecified atom stereocenters. The number of imidazole rings is 1. The zero-order valence-corrected chi connectivity index (χ0v) is 22.0. The molecule has 2 rings (SSSR count). The van der Waals surface area contributed by atoms with E-state index in [4.69, 9.17) is 4.98 Å². The molecule has 2 nitrogen and oxygen atoms in total. The largest absolute Gasteiger partial charge is 0.335 e. The van der Waals surface area contributed by atoms with E-state index in [9.17, 15) is 0 Å². The van der Waals surface area contributed by atoms with Crippen molar-refractivity contribution in [3.8, 4) is 0 Å². The molecule has 2 heteroatoms. The van der Waals surface area contributed by atoms with Crippen molar-refractivity contribution in [1.82, 2.24) is 9.55 Å². The van der Waals surface area contributed by atoms with Crippen LogP contribution in [0.4, 0.5) is 0 Å². The zero-order valence-electron chi connectivity index (χ0n) is 22.0. The molecule has 0 radical (unpaired) electrons. The molecular weight excluding hydrogens is 400 g/mol. The fourth-order valence-corrected chi connectivity index (χ4v) is 4.80. The lowest BCUT2D eigenvalue weighted by Gasteiger charge is -2.08. The van der Waals surface area contributed by atoms with Crippen molar-refractivity contribution in [3.05, 3.63) is 53.6 Å². The van der Waals surface area contributed by atoms with Crippen LogP contribution in [0.3, 0.4) is 0 Å². The van der Waals surface area contributed by atoms with Crippen molar-refractivity contribution in [2.24, 2.45) is 0 Å². The molecule has 1 aromatic heterocycles. The van der Waals surface area contributed by atoms with E-state index in [1.165, 1.54) is 120 Å². The highest BCUT2D eigenvalue weighted by atomic mass is 15.1. The average molecular weight is 453 g/mol. The first-order chi connectivity index (χ1) is 16.3. The van der Waals surface area contributed by atoms with Gasteiger partial charge in [0.2, 0.25) is 0 Å². The highest BCUT2D eigenvalue weighted by Gasteiger charge is 2.08. The molecule has 33 heavy (non-hydrogen) atoms. The lowest BCUT2D eigenvalue weighted by Crippen LogP contribution is -2.03. The van der Waals surface area contributed by atoms with E-state index in [1.54, 1.807) is 0 Å². The van der Waals surface area contributed by atoms with Gasteiger partial charge in [0.15, 0.2) is 0 Å². The van der Waals surface area contributed by atoms with Gasteiger partial charge in [-0.1, -0.05) is 128 Å². The van der Waals surface area contributed by atoms with E-state index >= 15 is 0 Å². The van der Waals surface area contributed by atoms with Crippen LogP contribution in [-0.4, -0.2) is 9.55 Å². The number of hydrogen-bond acceptors (Lipinski definition) is 1. The summed E-state index contributed by atoms with van der Waals surface area (Å²) >= 11 is 0. The van der Waals surface area contributed by atoms with Crippen molar-refractivity contribution < 1.29 is 0 Å². The maximum Gasteiger partial charge on any atom is 0.108 e. The Bertz CT molecular complexity index is 688. The van der Waals surface area contributed by atoms with Gasteiger partial charge in [0.25, 0.3) is 0 Å². The number of rotatable bonds is 21. The highest BCUT2D eigenvalue weighted by molar-refractivity contribution is 5.15. The van der Waals surface area contributed by atoms with Crippen molar-refractivity contribution in [3.63, 3.8) is 0 Å². The second-order valence-corrected chi connectivity index (χ2v) is 10.0. The summed E-state index contributed by atoms with van der Waals surface area (Å²) in [5.74, 6) is 1.35. The van der Waals surface area contributed by atoms with Gasteiger partial charge >= 0.3 is 0 Å². The summed E-state index contributed by atoms with van der Waals surface area (Å²) < 4.78 is 2.51. The van der Waals surface area contributed by atoms with Crippen LogP contribution in [0.25, 0.3) is 0 Å². The molecule has 0 saturated carbocycles. The standard InChI is InChI=1S/C31H52N2/c1-3-5-7-9-11-12-13-15-20-27-33-28-30(25-21-24-29-22-17-16-18-23-29)32-31(33)26-19-14-10-8-6-4-2/h16-18,22-23,28H,3-15,19-21,24-27H2,1-2H3. The minimum Gasteiger partial charge on any atom is -0.335 e. The van der Waals surface area contributed by atoms with E-state index < -0.39 is 0 Å². The number of nitrogens with zero attached hydrogens (tertiary/aromatic N) is 2. The summed E-state index contributed by atoms with van der Waals surface area (Å²) in [6.07, 6.45) is 27.7. The summed E-state index contributed by atoms with van der Waals surface area (Å²) in [4.78, 5) is 5.10. The van der Waals surface area contributed by atoms with E-state index in [0.29, 0.717) is 0 Å². The first kappa shape index (κ1) is 27.7. The van der Waals surface area contributed by atoms with E-state index in [2.05, 4.69) is 54.9 Å². The molecule has 0 saturated heterocycles. The molecule has 1 heterocycles. The molecule has 0 spiro atoms. The Morgan fingerprint density at radius 1 is 0.576 bits per heavy atom. The number of hydrogen-bond donors (Lipinski definition) is 0. The molecule has 0 aliphatic carbocycles. The fraction of sp³-hybridized carbons (Fsp3) is 0.710. The summed E-state index contributed by atoms with van der Waals surface area (Å²) in [6.45, 7) is 5.75. The Morgan fingerprint density at radius 3 is 1.79 bits per heavy atom. The first-order valence-electron chi connectivity index (χ1n) is 14.4. The van der Waals surface area contributed by atoms with Gasteiger partial charge in [-0.3, -0.25) is 0 Å². The second kappa shape index (κ2) is 18.8. The topological polar surface area (TPSA) is 17.8 Å². The smallest absolute Gasteiger partial charge is 0.108 e. The zero-order chi connectivity index (χ0) is 23.4. The highest BCUT2D eigenvalue weighted by Crippen LogP contribution is 2.15. The Hall–Kier alpha value is -1.57. The molecule has 0 aliphatic rings. The van der Waals surface area contributed by atoms with Gasteiger partial charge in [-0.2, -0.15) is 0 Å². The third-order valence-electron chi connectivity index (χ3n) is 6.91. The van der Waals surface area contributed by atoms with Crippen molar-refractivity contribution >= 4 is 0 Å². The number of aryl methyl sites for hydroxylation is 4. The molecule has 0 atom stereocenters. The molecule has 2 aromatic rings. The van der Waals surface area contributed by atoms with E-state index in [-0.39, 0.29) is 0 Å². The Kier molecular flexibility index (Phi) is 15.8. The monoisotopic (exact) mass is 452 g/mol. The van der Waals surface area contributed by atoms with Crippen molar-refractivity contribution in [2.45, 2.75) is 142 Å². The van der Waals surface area contributed by atoms with E-state index in [1.807, 2.05) is 0 Å². The minimum atomic E-state index is 1.10. The van der Waals surface area contributed by atoms with Gasteiger partial charge in [-0.25, -0.2) is 4.98 Å². The molecule has 0 fully saturated rings. The fourth-order valence-electron chi connectivity index (χ4n) is 4.80. The maximum absolute atomic E-state index is 5.10. The quantitative estimate of drug-likeness (QED) is 0.172. The summed E-state index contributed by atoms with van der Waals surface area (Å²) in [6, 6.07) is 10.9. The molecule has 0 bridgehead atoms. The number of unbranched alkanes of at least 4 members (excludes halogenated alkanes) is 13. The average Bonchev–Trinajstić information content (AvgIpc) is 3.22. The third kappa shape index (κ3) is 13.0. The normalized spacial score (nSPS) is 11.3. The molecule has 186 valence electrons. The van der Waals surface area contributed by atoms with Crippen LogP contribution in [0.5, 0.6) is 0 Å². The first-order valence-corrected chi connectivity index (χ1v) is 14.4. The third-order valence-corrected chi connectivity index (χ3v) is 6.91. The summed E-state index contributed by atoms with van der Waals surface area (Å²) in [5.41, 5.74) is 2.75. The molecule has 0 aliphatic heterocycles. The van der Waals surface area contributed by atoms with Crippen LogP contribution >= 0.6 is 0 Å². The maximum atomic E-state index is 5.10. The SMILES string of the molecule is CCCCCCCCCCCn1cc(CCCc2ccccc2)nc1CCCCCCCC. The second-order valence-electron chi connectivity index (χ2n) is 10.0. The van der Waals surface area contributed by atoms with Gasteiger partial charge in [-0.05, 0) is 37.7 Å². The predicted octanol–water partition coefficient (Wildman–Crippen LogP) is 9.49. The van der Waals surface area contributed by atoms with Crippen LogP contribution in [-0.2, 0) is 25.8 Å². The van der Waals surface area contributed by atoms with Crippen LogP contribution in [0.1, 0.15) is 134 Å². The molecular formula is C31H52N2. The lowest BCUT2D eigenvalue weighted by atomic mass is 10.1. The van der Waals surface area contributed by atoms with Gasteiger partial charge in [0.1, 0.15) is 5.82 Å². The van der Waals surface area contributed by atoms with Gasteiger partial charge in [-0.15, -0.1) is 0 Å². The van der Waals surface area contributed by atoms with Crippen LogP contribution in [0, 0.1) is 0 Å². The Labute approximate surface area is 205 Å². The van der Waals surface area contributed by atoms with Gasteiger partial charge < -0.3 is 4.57 Å². The number of aromatic nitrogens is 2. The van der Waals surface area contributed by atoms with Crippen LogP contribution in [0.2, 0.25) is 0 Å². The van der Waals surface area contributed by atoms with Crippen molar-refractivity contribution in [2.75, 3.05) is 0 Å². The molecule has 0 amide bonds. The predicted molar refractivity (Wildman–Crippen MR) is 145 cm³/mol. The summed E-state index contributed by atoms with van der Waals surface area (Å²) in [5, 5.41) is 0. The minimum absolute atomic E-state index is 1.10. The van der Waals surface area contributed by atoms with Crippen LogP contribution < -0.4 is 0 Å². The molecule has 0 N–H and O–H groups in total. The summed E-state index contributed by atoms with van der Waals surface area (Å²) in [7, 11) is 0. The number of benzene rings is 1. The van der Waals surface area contributed by atoms with Gasteiger partial charge in [0.05, 0.1) is 5.69 Å². The Morgan fingerprint density at radius 2 is 1.15 bits per heavy atom. The van der Waals surface area contributed by atoms with Crippen LogP contribution in [0.15, 0.2) is 36.5 Å².